The number of fused-ring (bicyclic) bond motifs is 1. The van der Waals surface area contributed by atoms with Crippen molar-refractivity contribution in [3.05, 3.63) is 41.2 Å². The second kappa shape index (κ2) is 4.93. The summed E-state index contributed by atoms with van der Waals surface area (Å²) in [4.78, 5) is 1.41. The first-order chi connectivity index (χ1) is 9.16. The third kappa shape index (κ3) is 2.25. The van der Waals surface area contributed by atoms with E-state index in [0.29, 0.717) is 6.04 Å². The second-order valence-electron chi connectivity index (χ2n) is 5.04. The van der Waals surface area contributed by atoms with Gasteiger partial charge in [-0.1, -0.05) is 18.2 Å². The Morgan fingerprint density at radius 1 is 1.32 bits per heavy atom. The van der Waals surface area contributed by atoms with E-state index in [-0.39, 0.29) is 0 Å². The zero-order valence-corrected chi connectivity index (χ0v) is 12.4. The number of anilines is 1. The molecular formula is C15H19N3S. The van der Waals surface area contributed by atoms with E-state index in [9.17, 15) is 0 Å². The largest absolute Gasteiger partial charge is 0.375 e. The highest BCUT2D eigenvalue weighted by atomic mass is 32.2. The number of hydrogen-bond donors (Lipinski definition) is 1. The van der Waals surface area contributed by atoms with Crippen molar-refractivity contribution in [3.8, 4) is 0 Å². The summed E-state index contributed by atoms with van der Waals surface area (Å²) in [6.45, 7) is 4.19. The summed E-state index contributed by atoms with van der Waals surface area (Å²) in [5.74, 6) is 1.17. The maximum Gasteiger partial charge on any atom is 0.0828 e. The number of nitrogens with zero attached hydrogens (tertiary/aromatic N) is 2. The first-order valence-corrected chi connectivity index (χ1v) is 7.64. The molecule has 1 aromatic heterocycles. The molecular weight excluding hydrogens is 254 g/mol. The lowest BCUT2D eigenvalue weighted by Gasteiger charge is -2.26. The normalized spacial score (nSPS) is 18.2. The molecule has 1 aliphatic rings. The number of nitrogens with one attached hydrogen (secondary N) is 1. The fourth-order valence-corrected chi connectivity index (χ4v) is 3.77. The highest BCUT2D eigenvalue weighted by Crippen LogP contribution is 2.38. The molecule has 1 unspecified atom stereocenters. The lowest BCUT2D eigenvalue weighted by Crippen LogP contribution is -2.16. The number of rotatable bonds is 2. The predicted molar refractivity (Wildman–Crippen MR) is 80.8 cm³/mol. The number of aromatic nitrogens is 2. The maximum atomic E-state index is 4.48. The molecule has 0 aliphatic carbocycles. The Hall–Kier alpha value is -1.42. The highest BCUT2D eigenvalue weighted by Gasteiger charge is 2.22. The van der Waals surface area contributed by atoms with Gasteiger partial charge in [-0.05, 0) is 31.9 Å². The molecule has 0 spiro atoms. The van der Waals surface area contributed by atoms with Crippen LogP contribution in [-0.4, -0.2) is 15.5 Å². The van der Waals surface area contributed by atoms with E-state index in [2.05, 4.69) is 48.5 Å². The molecule has 3 nitrogen and oxygen atoms in total. The van der Waals surface area contributed by atoms with Gasteiger partial charge < -0.3 is 5.32 Å². The molecule has 1 atom stereocenters. The average Bonchev–Trinajstić information content (AvgIpc) is 2.66. The summed E-state index contributed by atoms with van der Waals surface area (Å²) < 4.78 is 1.95. The summed E-state index contributed by atoms with van der Waals surface area (Å²) in [6, 6.07) is 9.10. The Morgan fingerprint density at radius 3 is 2.84 bits per heavy atom. The van der Waals surface area contributed by atoms with E-state index in [1.165, 1.54) is 27.6 Å². The van der Waals surface area contributed by atoms with Crippen LogP contribution in [0.4, 0.5) is 5.69 Å². The summed E-state index contributed by atoms with van der Waals surface area (Å²) in [5, 5.41) is 8.18. The first kappa shape index (κ1) is 12.6. The monoisotopic (exact) mass is 273 g/mol. The third-order valence-corrected chi connectivity index (χ3v) is 4.91. The quantitative estimate of drug-likeness (QED) is 0.905. The fraction of sp³-hybridized carbons (Fsp3) is 0.400. The zero-order valence-electron chi connectivity index (χ0n) is 11.6. The van der Waals surface area contributed by atoms with E-state index < -0.39 is 0 Å². The molecule has 0 radical (unpaired) electrons. The molecule has 0 saturated carbocycles. The van der Waals surface area contributed by atoms with Crippen LogP contribution in [0.1, 0.15) is 29.4 Å². The maximum absolute atomic E-state index is 4.48. The van der Waals surface area contributed by atoms with Crippen LogP contribution in [-0.2, 0) is 7.05 Å². The van der Waals surface area contributed by atoms with Gasteiger partial charge in [-0.25, -0.2) is 0 Å². The molecule has 1 N–H and O–H groups in total. The van der Waals surface area contributed by atoms with Gasteiger partial charge in [0.15, 0.2) is 0 Å². The van der Waals surface area contributed by atoms with Gasteiger partial charge >= 0.3 is 0 Å². The molecule has 1 aliphatic heterocycles. The highest BCUT2D eigenvalue weighted by molar-refractivity contribution is 7.99. The van der Waals surface area contributed by atoms with E-state index >= 15 is 0 Å². The van der Waals surface area contributed by atoms with Gasteiger partial charge in [0, 0.05) is 17.7 Å². The van der Waals surface area contributed by atoms with Crippen molar-refractivity contribution in [1.29, 1.82) is 0 Å². The first-order valence-electron chi connectivity index (χ1n) is 6.65. The van der Waals surface area contributed by atoms with Gasteiger partial charge in [0.25, 0.3) is 0 Å². The number of thioether (sulfide) groups is 1. The second-order valence-corrected chi connectivity index (χ2v) is 6.18. The van der Waals surface area contributed by atoms with Crippen LogP contribution >= 0.6 is 11.8 Å². The topological polar surface area (TPSA) is 29.9 Å². The molecule has 19 heavy (non-hydrogen) atoms. The average molecular weight is 273 g/mol. The summed E-state index contributed by atoms with van der Waals surface area (Å²) in [5.41, 5.74) is 4.89. The fourth-order valence-electron chi connectivity index (χ4n) is 2.65. The van der Waals surface area contributed by atoms with Crippen molar-refractivity contribution >= 4 is 17.4 Å². The zero-order chi connectivity index (χ0) is 13.4. The Labute approximate surface area is 118 Å². The molecule has 0 amide bonds. The van der Waals surface area contributed by atoms with Crippen molar-refractivity contribution < 1.29 is 0 Å². The summed E-state index contributed by atoms with van der Waals surface area (Å²) in [6.07, 6.45) is 1.16. The molecule has 4 heteroatoms. The van der Waals surface area contributed by atoms with Crippen molar-refractivity contribution in [2.45, 2.75) is 31.2 Å². The number of benzene rings is 1. The molecule has 2 aromatic rings. The van der Waals surface area contributed by atoms with Gasteiger partial charge in [0.2, 0.25) is 0 Å². The Kier molecular flexibility index (Phi) is 3.27. The van der Waals surface area contributed by atoms with E-state index in [0.717, 1.165) is 12.1 Å². The summed E-state index contributed by atoms with van der Waals surface area (Å²) in [7, 11) is 2.00. The van der Waals surface area contributed by atoms with Gasteiger partial charge in [-0.3, -0.25) is 4.68 Å². The minimum atomic E-state index is 0.402. The van der Waals surface area contributed by atoms with Gasteiger partial charge in [-0.2, -0.15) is 5.10 Å². The number of aryl methyl sites for hydroxylation is 2. The Bertz CT molecular complexity index is 603. The van der Waals surface area contributed by atoms with Crippen LogP contribution < -0.4 is 5.32 Å². The van der Waals surface area contributed by atoms with Crippen LogP contribution in [0.5, 0.6) is 0 Å². The predicted octanol–water partition coefficient (Wildman–Crippen LogP) is 3.69. The third-order valence-electron chi connectivity index (χ3n) is 3.79. The van der Waals surface area contributed by atoms with Crippen LogP contribution in [0.25, 0.3) is 0 Å². The van der Waals surface area contributed by atoms with Crippen LogP contribution in [0.3, 0.4) is 0 Å². The van der Waals surface area contributed by atoms with E-state index in [1.54, 1.807) is 0 Å². The SMILES string of the molecule is Cc1nn(C)c(C)c1NC1CCSc2ccccc21. The van der Waals surface area contributed by atoms with Gasteiger partial charge in [0.05, 0.1) is 23.1 Å². The smallest absolute Gasteiger partial charge is 0.0828 e. The summed E-state index contributed by atoms with van der Waals surface area (Å²) >= 11 is 1.96. The minimum Gasteiger partial charge on any atom is -0.375 e. The van der Waals surface area contributed by atoms with Crippen LogP contribution in [0.15, 0.2) is 29.2 Å². The minimum absolute atomic E-state index is 0.402. The lowest BCUT2D eigenvalue weighted by atomic mass is 10.0. The number of hydrogen-bond acceptors (Lipinski definition) is 3. The van der Waals surface area contributed by atoms with Gasteiger partial charge in [0.1, 0.15) is 0 Å². The van der Waals surface area contributed by atoms with Crippen molar-refractivity contribution in [3.63, 3.8) is 0 Å². The van der Waals surface area contributed by atoms with Gasteiger partial charge in [-0.15, -0.1) is 11.8 Å². The van der Waals surface area contributed by atoms with E-state index in [4.69, 9.17) is 0 Å². The van der Waals surface area contributed by atoms with Crippen molar-refractivity contribution in [2.75, 3.05) is 11.1 Å². The molecule has 2 heterocycles. The Morgan fingerprint density at radius 2 is 2.11 bits per heavy atom. The van der Waals surface area contributed by atoms with E-state index in [1.807, 2.05) is 23.5 Å². The molecule has 100 valence electrons. The standard InChI is InChI=1S/C15H19N3S/c1-10-15(11(2)18(3)17-10)16-13-8-9-19-14-7-5-4-6-12(13)14/h4-7,13,16H,8-9H2,1-3H3. The molecule has 3 rings (SSSR count). The lowest BCUT2D eigenvalue weighted by molar-refractivity contribution is 0.721. The van der Waals surface area contributed by atoms with Crippen LogP contribution in [0, 0.1) is 13.8 Å². The Balaban J connectivity index is 1.93. The molecule has 0 saturated heterocycles. The van der Waals surface area contributed by atoms with Crippen molar-refractivity contribution in [1.82, 2.24) is 9.78 Å². The molecule has 0 fully saturated rings. The molecule has 0 bridgehead atoms. The van der Waals surface area contributed by atoms with Crippen molar-refractivity contribution in [2.24, 2.45) is 7.05 Å². The molecule has 1 aromatic carbocycles. The van der Waals surface area contributed by atoms with Crippen LogP contribution in [0.2, 0.25) is 0 Å².